The van der Waals surface area contributed by atoms with Crippen molar-refractivity contribution in [1.82, 2.24) is 4.72 Å². The van der Waals surface area contributed by atoms with E-state index in [0.717, 1.165) is 49.8 Å². The highest BCUT2D eigenvalue weighted by Gasteiger charge is 2.24. The van der Waals surface area contributed by atoms with Gasteiger partial charge < -0.3 is 5.32 Å². The van der Waals surface area contributed by atoms with Gasteiger partial charge in [0, 0.05) is 11.7 Å². The zero-order valence-electron chi connectivity index (χ0n) is 16.7. The quantitative estimate of drug-likeness (QED) is 0.707. The lowest BCUT2D eigenvalue weighted by atomic mass is 9.96. The molecule has 1 saturated carbocycles. The van der Waals surface area contributed by atoms with Crippen LogP contribution in [0.15, 0.2) is 47.4 Å². The second-order valence-corrected chi connectivity index (χ2v) is 9.54. The van der Waals surface area contributed by atoms with Gasteiger partial charge in [0.05, 0.1) is 10.5 Å². The Bertz CT molecular complexity index is 966. The number of carbonyl (C=O) groups excluding carboxylic acids is 1. The number of anilines is 1. The molecule has 0 heterocycles. The molecule has 0 radical (unpaired) electrons. The summed E-state index contributed by atoms with van der Waals surface area (Å²) in [6, 6.07) is 10.5. The van der Waals surface area contributed by atoms with Crippen LogP contribution in [0, 0.1) is 5.82 Å². The zero-order valence-corrected chi connectivity index (χ0v) is 17.6. The van der Waals surface area contributed by atoms with Gasteiger partial charge in [-0.25, -0.2) is 17.5 Å². The van der Waals surface area contributed by atoms with Crippen molar-refractivity contribution in [3.63, 3.8) is 0 Å². The highest BCUT2D eigenvalue weighted by Crippen LogP contribution is 2.22. The van der Waals surface area contributed by atoms with Crippen LogP contribution in [0.4, 0.5) is 10.1 Å². The molecule has 0 aliphatic heterocycles. The first-order valence-electron chi connectivity index (χ1n) is 9.99. The summed E-state index contributed by atoms with van der Waals surface area (Å²) in [5.41, 5.74) is 1.34. The Labute approximate surface area is 171 Å². The highest BCUT2D eigenvalue weighted by molar-refractivity contribution is 7.89. The topological polar surface area (TPSA) is 75.3 Å². The van der Waals surface area contributed by atoms with Crippen LogP contribution in [0.5, 0.6) is 0 Å². The fraction of sp³-hybridized carbons (Fsp3) is 0.409. The number of rotatable bonds is 6. The molecule has 2 aromatic rings. The number of sulfonamides is 1. The van der Waals surface area contributed by atoms with Gasteiger partial charge in [-0.2, -0.15) is 0 Å². The summed E-state index contributed by atoms with van der Waals surface area (Å²) in [5.74, 6) is -1.09. The van der Waals surface area contributed by atoms with Crippen LogP contribution in [0.25, 0.3) is 0 Å². The fourth-order valence-corrected chi connectivity index (χ4v) is 4.83. The zero-order chi connectivity index (χ0) is 21.0. The van der Waals surface area contributed by atoms with Gasteiger partial charge in [0.1, 0.15) is 5.82 Å². The van der Waals surface area contributed by atoms with Crippen molar-refractivity contribution in [2.45, 2.75) is 62.8 Å². The average molecular weight is 419 g/mol. The van der Waals surface area contributed by atoms with Gasteiger partial charge in [0.25, 0.3) is 5.91 Å². The Morgan fingerprint density at radius 1 is 1.03 bits per heavy atom. The molecule has 1 fully saturated rings. The second-order valence-electron chi connectivity index (χ2n) is 7.83. The van der Waals surface area contributed by atoms with Crippen molar-refractivity contribution in [2.24, 2.45) is 0 Å². The van der Waals surface area contributed by atoms with E-state index in [9.17, 15) is 17.6 Å². The van der Waals surface area contributed by atoms with E-state index in [1.54, 1.807) is 12.1 Å². The van der Waals surface area contributed by atoms with Crippen molar-refractivity contribution < 1.29 is 17.6 Å². The third-order valence-corrected chi connectivity index (χ3v) is 6.77. The molecule has 3 rings (SSSR count). The summed E-state index contributed by atoms with van der Waals surface area (Å²) in [6.45, 7) is 4.13. The van der Waals surface area contributed by atoms with Crippen molar-refractivity contribution in [3.8, 4) is 0 Å². The van der Waals surface area contributed by atoms with Crippen molar-refractivity contribution in [1.29, 1.82) is 0 Å². The van der Waals surface area contributed by atoms with Gasteiger partial charge in [0.2, 0.25) is 10.0 Å². The van der Waals surface area contributed by atoms with Gasteiger partial charge in [-0.1, -0.05) is 45.2 Å². The largest absolute Gasteiger partial charge is 0.322 e. The molecule has 1 amide bonds. The number of halogens is 1. The lowest BCUT2D eigenvalue weighted by Gasteiger charge is -2.22. The Morgan fingerprint density at radius 2 is 1.69 bits per heavy atom. The molecule has 2 N–H and O–H groups in total. The summed E-state index contributed by atoms with van der Waals surface area (Å²) in [7, 11) is -3.82. The minimum Gasteiger partial charge on any atom is -0.322 e. The number of carbonyl (C=O) groups is 1. The van der Waals surface area contributed by atoms with Gasteiger partial charge >= 0.3 is 0 Å². The van der Waals surface area contributed by atoms with Crippen molar-refractivity contribution in [2.75, 3.05) is 5.32 Å². The van der Waals surface area contributed by atoms with E-state index in [2.05, 4.69) is 23.9 Å². The highest BCUT2D eigenvalue weighted by atomic mass is 32.2. The van der Waals surface area contributed by atoms with Crippen LogP contribution < -0.4 is 10.0 Å². The smallest absolute Gasteiger partial charge is 0.258 e. The molecule has 1 aliphatic carbocycles. The number of nitrogens with one attached hydrogen (secondary N) is 2. The molecule has 5 nitrogen and oxygen atoms in total. The van der Waals surface area contributed by atoms with Crippen molar-refractivity contribution in [3.05, 3.63) is 59.4 Å². The van der Waals surface area contributed by atoms with Crippen LogP contribution in [0.1, 0.15) is 67.8 Å². The van der Waals surface area contributed by atoms with Crippen LogP contribution in [0.3, 0.4) is 0 Å². The maximum absolute atomic E-state index is 14.3. The minimum atomic E-state index is -3.82. The molecule has 0 atom stereocenters. The third-order valence-electron chi connectivity index (χ3n) is 5.25. The van der Waals surface area contributed by atoms with Crippen LogP contribution in [-0.4, -0.2) is 20.4 Å². The Hall–Kier alpha value is -2.25. The number of amides is 1. The summed E-state index contributed by atoms with van der Waals surface area (Å²) >= 11 is 0. The Morgan fingerprint density at radius 3 is 2.31 bits per heavy atom. The number of benzene rings is 2. The fourth-order valence-electron chi connectivity index (χ4n) is 3.50. The first-order valence-corrected chi connectivity index (χ1v) is 11.5. The van der Waals surface area contributed by atoms with E-state index in [0.29, 0.717) is 11.6 Å². The van der Waals surface area contributed by atoms with E-state index < -0.39 is 21.7 Å². The minimum absolute atomic E-state index is 0.107. The van der Waals surface area contributed by atoms with Crippen LogP contribution >= 0.6 is 0 Å². The van der Waals surface area contributed by atoms with Crippen LogP contribution in [-0.2, 0) is 10.0 Å². The molecule has 0 saturated heterocycles. The normalized spacial score (nSPS) is 15.4. The van der Waals surface area contributed by atoms with Gasteiger partial charge in [0.15, 0.2) is 0 Å². The van der Waals surface area contributed by atoms with E-state index in [4.69, 9.17) is 0 Å². The predicted molar refractivity (Wildman–Crippen MR) is 112 cm³/mol. The molecule has 0 aromatic heterocycles. The Balaban J connectivity index is 1.77. The molecular weight excluding hydrogens is 391 g/mol. The molecule has 1 aliphatic rings. The third kappa shape index (κ3) is 5.42. The SMILES string of the molecule is CC(C)c1ccc(NC(=O)c2cc(S(=O)(=O)NC3CCCCC3)ccc2F)cc1. The van der Waals surface area contributed by atoms with Crippen LogP contribution in [0.2, 0.25) is 0 Å². The molecule has 2 aromatic carbocycles. The predicted octanol–water partition coefficient (Wildman–Crippen LogP) is 4.81. The lowest BCUT2D eigenvalue weighted by Crippen LogP contribution is -2.36. The van der Waals surface area contributed by atoms with Crippen molar-refractivity contribution >= 4 is 21.6 Å². The number of hydrogen-bond donors (Lipinski definition) is 2. The molecule has 0 bridgehead atoms. The van der Waals surface area contributed by atoms with E-state index >= 15 is 0 Å². The molecule has 29 heavy (non-hydrogen) atoms. The lowest BCUT2D eigenvalue weighted by molar-refractivity contribution is 0.102. The first-order chi connectivity index (χ1) is 13.8. The summed E-state index contributed by atoms with van der Waals surface area (Å²) in [4.78, 5) is 12.4. The Kier molecular flexibility index (Phi) is 6.70. The van der Waals surface area contributed by atoms with Gasteiger partial charge in [-0.15, -0.1) is 0 Å². The standard InChI is InChI=1S/C22H27FN2O3S/c1-15(2)16-8-10-17(11-9-16)24-22(26)20-14-19(12-13-21(20)23)29(27,28)25-18-6-4-3-5-7-18/h8-15,18,25H,3-7H2,1-2H3,(H,24,26). The van der Waals surface area contributed by atoms with Gasteiger partial charge in [-0.05, 0) is 54.7 Å². The molecule has 156 valence electrons. The summed E-state index contributed by atoms with van der Waals surface area (Å²) in [5, 5.41) is 2.63. The summed E-state index contributed by atoms with van der Waals surface area (Å²) < 4.78 is 42.3. The molecule has 7 heteroatoms. The van der Waals surface area contributed by atoms with Gasteiger partial charge in [-0.3, -0.25) is 4.79 Å². The molecule has 0 spiro atoms. The molecular formula is C22H27FN2O3S. The van der Waals surface area contributed by atoms with E-state index in [1.165, 1.54) is 6.07 Å². The maximum Gasteiger partial charge on any atom is 0.258 e. The molecule has 0 unspecified atom stereocenters. The maximum atomic E-state index is 14.3. The van der Waals surface area contributed by atoms with E-state index in [1.807, 2.05) is 12.1 Å². The first kappa shape index (κ1) is 21.5. The summed E-state index contributed by atoms with van der Waals surface area (Å²) in [6.07, 6.45) is 4.66. The monoisotopic (exact) mass is 418 g/mol. The van der Waals surface area contributed by atoms with E-state index in [-0.39, 0.29) is 16.5 Å². The average Bonchev–Trinajstić information content (AvgIpc) is 2.69. The number of hydrogen-bond acceptors (Lipinski definition) is 3. The second kappa shape index (κ2) is 9.05.